The zero-order chi connectivity index (χ0) is 16.9. The van der Waals surface area contributed by atoms with Gasteiger partial charge in [-0.15, -0.1) is 0 Å². The lowest BCUT2D eigenvalue weighted by Crippen LogP contribution is -2.05. The van der Waals surface area contributed by atoms with Crippen LogP contribution < -0.4 is 0 Å². The minimum Gasteiger partial charge on any atom is -0.396 e. The van der Waals surface area contributed by atoms with E-state index in [-0.39, 0.29) is 6.61 Å². The van der Waals surface area contributed by atoms with Crippen molar-refractivity contribution in [2.24, 2.45) is 0 Å². The van der Waals surface area contributed by atoms with Gasteiger partial charge in [-0.2, -0.15) is 8.42 Å². The molecule has 2 N–H and O–H groups in total. The van der Waals surface area contributed by atoms with E-state index in [2.05, 4.69) is 48.5 Å². The number of hydrogen-bond donors (Lipinski definition) is 2. The summed E-state index contributed by atoms with van der Waals surface area (Å²) in [5, 5.41) is 8.99. The molecule has 0 aliphatic rings. The average molecular weight is 326 g/mol. The molecule has 0 bridgehead atoms. The zero-order valence-corrected chi connectivity index (χ0v) is 14.1. The summed E-state index contributed by atoms with van der Waals surface area (Å²) in [6.45, 7) is 6.34. The monoisotopic (exact) mass is 326 g/mol. The predicted octanol–water partition coefficient (Wildman–Crippen LogP) is 1.84. The van der Waals surface area contributed by atoms with Gasteiger partial charge in [0, 0.05) is 30.1 Å². The number of aromatic nitrogens is 2. The SMILES string of the molecule is CS(=O)(=O)O.Cc1cc(CCO)nc(-n2c(C)ccc2C)c1. The molecule has 0 unspecified atom stereocenters. The molecule has 0 aromatic carbocycles. The van der Waals surface area contributed by atoms with Gasteiger partial charge in [-0.25, -0.2) is 4.98 Å². The Morgan fingerprint density at radius 3 is 2.09 bits per heavy atom. The van der Waals surface area contributed by atoms with E-state index in [0.29, 0.717) is 12.7 Å². The standard InChI is InChI=1S/C14H18N2O.CH4O3S/c1-10-8-13(6-7-17)15-14(9-10)16-11(2)4-5-12(16)3;1-5(2,3)4/h4-5,8-9,17H,6-7H2,1-3H3;1H3,(H,2,3,4). The summed E-state index contributed by atoms with van der Waals surface area (Å²) in [6.07, 6.45) is 1.32. The summed E-state index contributed by atoms with van der Waals surface area (Å²) in [4.78, 5) is 4.59. The molecule has 0 radical (unpaired) electrons. The summed E-state index contributed by atoms with van der Waals surface area (Å²) in [5.41, 5.74) is 4.46. The minimum atomic E-state index is -3.67. The highest BCUT2D eigenvalue weighted by Gasteiger charge is 2.07. The van der Waals surface area contributed by atoms with E-state index < -0.39 is 10.1 Å². The molecule has 0 saturated carbocycles. The minimum absolute atomic E-state index is 0.138. The van der Waals surface area contributed by atoms with Gasteiger partial charge >= 0.3 is 0 Å². The van der Waals surface area contributed by atoms with Crippen molar-refractivity contribution >= 4 is 10.1 Å². The van der Waals surface area contributed by atoms with Crippen molar-refractivity contribution in [3.63, 3.8) is 0 Å². The van der Waals surface area contributed by atoms with Crippen molar-refractivity contribution in [3.8, 4) is 5.82 Å². The first-order valence-electron chi connectivity index (χ1n) is 6.78. The van der Waals surface area contributed by atoms with Gasteiger partial charge in [0.15, 0.2) is 0 Å². The van der Waals surface area contributed by atoms with Crippen LogP contribution in [0.1, 0.15) is 22.6 Å². The maximum absolute atomic E-state index is 9.19. The third kappa shape index (κ3) is 5.97. The molecule has 0 amide bonds. The fraction of sp³-hybridized carbons (Fsp3) is 0.400. The molecular formula is C15H22N2O4S. The second kappa shape index (κ2) is 7.53. The number of aliphatic hydroxyl groups excluding tert-OH is 1. The Morgan fingerprint density at radius 1 is 1.14 bits per heavy atom. The van der Waals surface area contributed by atoms with Crippen molar-refractivity contribution in [1.29, 1.82) is 0 Å². The molecule has 6 nitrogen and oxygen atoms in total. The highest BCUT2D eigenvalue weighted by Crippen LogP contribution is 2.16. The third-order valence-corrected chi connectivity index (χ3v) is 2.88. The molecule has 7 heteroatoms. The summed E-state index contributed by atoms with van der Waals surface area (Å²) < 4.78 is 28.0. The second-order valence-corrected chi connectivity index (χ2v) is 6.62. The summed E-state index contributed by atoms with van der Waals surface area (Å²) in [6, 6.07) is 8.27. The Labute approximate surface area is 131 Å². The van der Waals surface area contributed by atoms with Gasteiger partial charge < -0.3 is 9.67 Å². The van der Waals surface area contributed by atoms with E-state index >= 15 is 0 Å². The lowest BCUT2D eigenvalue weighted by molar-refractivity contribution is 0.298. The molecule has 122 valence electrons. The first-order valence-corrected chi connectivity index (χ1v) is 8.63. The Kier molecular flexibility index (Phi) is 6.28. The number of nitrogens with zero attached hydrogens (tertiary/aromatic N) is 2. The van der Waals surface area contributed by atoms with Crippen LogP contribution in [-0.2, 0) is 16.5 Å². The van der Waals surface area contributed by atoms with Crippen molar-refractivity contribution in [3.05, 3.63) is 46.9 Å². The Bertz CT molecular complexity index is 708. The maximum Gasteiger partial charge on any atom is 0.261 e. The number of pyridine rings is 1. The summed E-state index contributed by atoms with van der Waals surface area (Å²) in [5.74, 6) is 0.938. The van der Waals surface area contributed by atoms with Gasteiger partial charge in [0.05, 0.1) is 6.26 Å². The molecule has 0 atom stereocenters. The van der Waals surface area contributed by atoms with Crippen LogP contribution >= 0.6 is 0 Å². The van der Waals surface area contributed by atoms with Crippen LogP contribution in [0.15, 0.2) is 24.3 Å². The second-order valence-electron chi connectivity index (χ2n) is 5.15. The number of aryl methyl sites for hydroxylation is 3. The molecule has 0 aliphatic carbocycles. The Hall–Kier alpha value is -1.70. The van der Waals surface area contributed by atoms with Crippen LogP contribution in [0.3, 0.4) is 0 Å². The molecule has 22 heavy (non-hydrogen) atoms. The maximum atomic E-state index is 9.19. The lowest BCUT2D eigenvalue weighted by Gasteiger charge is -2.11. The highest BCUT2D eigenvalue weighted by atomic mass is 32.2. The lowest BCUT2D eigenvalue weighted by atomic mass is 10.2. The number of hydrogen-bond acceptors (Lipinski definition) is 4. The van der Waals surface area contributed by atoms with Gasteiger partial charge in [0.1, 0.15) is 5.82 Å². The fourth-order valence-electron chi connectivity index (χ4n) is 2.11. The van der Waals surface area contributed by atoms with E-state index in [0.717, 1.165) is 11.5 Å². The average Bonchev–Trinajstić information content (AvgIpc) is 2.66. The summed E-state index contributed by atoms with van der Waals surface area (Å²) in [7, 11) is -3.67. The van der Waals surface area contributed by atoms with E-state index in [4.69, 9.17) is 9.66 Å². The van der Waals surface area contributed by atoms with Crippen molar-refractivity contribution in [2.45, 2.75) is 27.2 Å². The fourth-order valence-corrected chi connectivity index (χ4v) is 2.11. The van der Waals surface area contributed by atoms with E-state index in [9.17, 15) is 8.42 Å². The van der Waals surface area contributed by atoms with Gasteiger partial charge in [-0.3, -0.25) is 4.55 Å². The molecule has 0 saturated heterocycles. The van der Waals surface area contributed by atoms with Crippen LogP contribution in [0.5, 0.6) is 0 Å². The Morgan fingerprint density at radius 2 is 1.64 bits per heavy atom. The summed E-state index contributed by atoms with van der Waals surface area (Å²) >= 11 is 0. The van der Waals surface area contributed by atoms with Gasteiger partial charge in [-0.05, 0) is 50.6 Å². The van der Waals surface area contributed by atoms with Gasteiger partial charge in [0.25, 0.3) is 10.1 Å². The van der Waals surface area contributed by atoms with Crippen molar-refractivity contribution < 1.29 is 18.1 Å². The first-order chi connectivity index (χ1) is 10.1. The normalized spacial score (nSPS) is 11.0. The number of rotatable bonds is 3. The third-order valence-electron chi connectivity index (χ3n) is 2.88. The molecule has 0 spiro atoms. The highest BCUT2D eigenvalue weighted by molar-refractivity contribution is 7.85. The quantitative estimate of drug-likeness (QED) is 0.840. The molecule has 2 rings (SSSR count). The molecule has 0 aliphatic heterocycles. The van der Waals surface area contributed by atoms with Gasteiger partial charge in [-0.1, -0.05) is 0 Å². The molecule has 2 heterocycles. The largest absolute Gasteiger partial charge is 0.396 e. The van der Waals surface area contributed by atoms with Crippen LogP contribution in [0.25, 0.3) is 5.82 Å². The van der Waals surface area contributed by atoms with Crippen LogP contribution in [0.2, 0.25) is 0 Å². The first kappa shape index (κ1) is 18.3. The van der Waals surface area contributed by atoms with Crippen molar-refractivity contribution in [2.75, 3.05) is 12.9 Å². The van der Waals surface area contributed by atoms with Crippen molar-refractivity contribution in [1.82, 2.24) is 9.55 Å². The van der Waals surface area contributed by atoms with Gasteiger partial charge in [0.2, 0.25) is 0 Å². The molecule has 0 fully saturated rings. The smallest absolute Gasteiger partial charge is 0.261 e. The van der Waals surface area contributed by atoms with E-state index in [1.807, 2.05) is 6.07 Å². The Balaban J connectivity index is 0.000000422. The van der Waals surface area contributed by atoms with E-state index in [1.54, 1.807) is 0 Å². The predicted molar refractivity (Wildman–Crippen MR) is 86.0 cm³/mol. The zero-order valence-electron chi connectivity index (χ0n) is 13.2. The van der Waals surface area contributed by atoms with Crippen LogP contribution in [0, 0.1) is 20.8 Å². The van der Waals surface area contributed by atoms with E-state index in [1.165, 1.54) is 17.0 Å². The number of aliphatic hydroxyl groups is 1. The molecular weight excluding hydrogens is 304 g/mol. The molecule has 2 aromatic rings. The topological polar surface area (TPSA) is 92.4 Å². The van der Waals surface area contributed by atoms with Crippen LogP contribution in [0.4, 0.5) is 0 Å². The van der Waals surface area contributed by atoms with Crippen LogP contribution in [-0.4, -0.2) is 40.5 Å². The molecule has 2 aromatic heterocycles.